The molecule has 0 saturated carbocycles. The van der Waals surface area contributed by atoms with E-state index in [9.17, 15) is 12.8 Å². The Labute approximate surface area is 125 Å². The molecule has 2 rings (SSSR count). The van der Waals surface area contributed by atoms with Crippen molar-refractivity contribution in [2.24, 2.45) is 0 Å². The molecule has 4 nitrogen and oxygen atoms in total. The molecule has 1 aliphatic heterocycles. The SMILES string of the molecule is Cc1cc([C@H](C)NS(=O)(=O)[C@H]2CCO[C@H]2C)cc(C)c1F. The molecule has 118 valence electrons. The van der Waals surface area contributed by atoms with Gasteiger partial charge in [-0.05, 0) is 50.8 Å². The molecule has 3 atom stereocenters. The predicted molar refractivity (Wildman–Crippen MR) is 80.2 cm³/mol. The number of hydrogen-bond acceptors (Lipinski definition) is 3. The van der Waals surface area contributed by atoms with Crippen LogP contribution in [-0.2, 0) is 14.8 Å². The standard InChI is InChI=1S/C15H22FNO3S/c1-9-7-13(8-10(2)15(9)16)11(3)17-21(18,19)14-5-6-20-12(14)4/h7-8,11-12,14,17H,5-6H2,1-4H3/t11-,12-,14-/m0/s1. The first-order valence-electron chi connectivity index (χ1n) is 7.11. The zero-order valence-corrected chi connectivity index (χ0v) is 13.6. The van der Waals surface area contributed by atoms with Crippen LogP contribution in [0.25, 0.3) is 0 Å². The molecule has 0 aromatic heterocycles. The van der Waals surface area contributed by atoms with Crippen LogP contribution in [0, 0.1) is 19.7 Å². The fourth-order valence-electron chi connectivity index (χ4n) is 2.75. The predicted octanol–water partition coefficient (Wildman–Crippen LogP) is 2.60. The van der Waals surface area contributed by atoms with Crippen LogP contribution in [-0.4, -0.2) is 26.4 Å². The maximum Gasteiger partial charge on any atom is 0.217 e. The summed E-state index contributed by atoms with van der Waals surface area (Å²) >= 11 is 0. The molecule has 1 aromatic rings. The summed E-state index contributed by atoms with van der Waals surface area (Å²) in [6, 6.07) is 2.97. The highest BCUT2D eigenvalue weighted by Gasteiger charge is 2.36. The van der Waals surface area contributed by atoms with E-state index in [4.69, 9.17) is 4.74 Å². The molecule has 21 heavy (non-hydrogen) atoms. The van der Waals surface area contributed by atoms with E-state index in [1.54, 1.807) is 39.8 Å². The molecule has 0 amide bonds. The van der Waals surface area contributed by atoms with Crippen molar-refractivity contribution in [3.05, 3.63) is 34.6 Å². The first kappa shape index (κ1) is 16.4. The molecule has 0 radical (unpaired) electrons. The molecule has 1 fully saturated rings. The minimum Gasteiger partial charge on any atom is -0.377 e. The van der Waals surface area contributed by atoms with Crippen molar-refractivity contribution in [1.29, 1.82) is 0 Å². The van der Waals surface area contributed by atoms with Gasteiger partial charge in [0.15, 0.2) is 0 Å². The van der Waals surface area contributed by atoms with Gasteiger partial charge in [-0.1, -0.05) is 12.1 Å². The number of nitrogens with one attached hydrogen (secondary N) is 1. The van der Waals surface area contributed by atoms with Crippen LogP contribution >= 0.6 is 0 Å². The Bertz CT molecular complexity index is 607. The second kappa shape index (κ2) is 6.02. The first-order valence-corrected chi connectivity index (χ1v) is 8.66. The van der Waals surface area contributed by atoms with Crippen LogP contribution < -0.4 is 4.72 Å². The summed E-state index contributed by atoms with van der Waals surface area (Å²) in [7, 11) is -3.46. The molecule has 6 heteroatoms. The summed E-state index contributed by atoms with van der Waals surface area (Å²) in [5, 5.41) is -0.525. The van der Waals surface area contributed by atoms with E-state index in [0.717, 1.165) is 5.56 Å². The summed E-state index contributed by atoms with van der Waals surface area (Å²) in [5.41, 5.74) is 1.81. The van der Waals surface area contributed by atoms with Gasteiger partial charge in [0, 0.05) is 12.6 Å². The lowest BCUT2D eigenvalue weighted by atomic mass is 10.0. The number of halogens is 1. The summed E-state index contributed by atoms with van der Waals surface area (Å²) in [6.45, 7) is 7.37. The second-order valence-corrected chi connectivity index (χ2v) is 7.69. The van der Waals surface area contributed by atoms with Crippen LogP contribution in [0.3, 0.4) is 0 Å². The topological polar surface area (TPSA) is 55.4 Å². The van der Waals surface area contributed by atoms with Crippen molar-refractivity contribution in [3.8, 4) is 0 Å². The van der Waals surface area contributed by atoms with E-state index < -0.39 is 21.3 Å². The molecule has 1 saturated heterocycles. The molecule has 0 bridgehead atoms. The quantitative estimate of drug-likeness (QED) is 0.929. The molecule has 1 aliphatic rings. The Morgan fingerprint density at radius 1 is 1.33 bits per heavy atom. The molecular weight excluding hydrogens is 293 g/mol. The van der Waals surface area contributed by atoms with Gasteiger partial charge in [0.25, 0.3) is 0 Å². The van der Waals surface area contributed by atoms with Crippen LogP contribution in [0.1, 0.15) is 43.0 Å². The first-order chi connectivity index (χ1) is 9.72. The van der Waals surface area contributed by atoms with E-state index in [2.05, 4.69) is 4.72 Å². The highest BCUT2D eigenvalue weighted by Crippen LogP contribution is 2.24. The Kier molecular flexibility index (Phi) is 4.70. The largest absolute Gasteiger partial charge is 0.377 e. The van der Waals surface area contributed by atoms with E-state index >= 15 is 0 Å². The summed E-state index contributed by atoms with van der Waals surface area (Å²) in [6.07, 6.45) is 0.205. The highest BCUT2D eigenvalue weighted by molar-refractivity contribution is 7.90. The second-order valence-electron chi connectivity index (χ2n) is 5.76. The smallest absolute Gasteiger partial charge is 0.217 e. The molecule has 1 heterocycles. The lowest BCUT2D eigenvalue weighted by Crippen LogP contribution is -2.39. The number of ether oxygens (including phenoxy) is 1. The molecule has 1 N–H and O–H groups in total. The van der Waals surface area contributed by atoms with Gasteiger partial charge in [0.2, 0.25) is 10.0 Å². The van der Waals surface area contributed by atoms with Crippen LogP contribution in [0.5, 0.6) is 0 Å². The lowest BCUT2D eigenvalue weighted by Gasteiger charge is -2.21. The van der Waals surface area contributed by atoms with E-state index in [0.29, 0.717) is 24.2 Å². The number of benzene rings is 1. The van der Waals surface area contributed by atoms with Crippen LogP contribution in [0.4, 0.5) is 4.39 Å². The van der Waals surface area contributed by atoms with E-state index in [-0.39, 0.29) is 11.9 Å². The monoisotopic (exact) mass is 315 g/mol. The van der Waals surface area contributed by atoms with Crippen molar-refractivity contribution < 1.29 is 17.5 Å². The zero-order valence-electron chi connectivity index (χ0n) is 12.8. The number of aryl methyl sites for hydroxylation is 2. The van der Waals surface area contributed by atoms with E-state index in [1.807, 2.05) is 0 Å². The highest BCUT2D eigenvalue weighted by atomic mass is 32.2. The molecular formula is C15H22FNO3S. The number of hydrogen-bond donors (Lipinski definition) is 1. The Hall–Kier alpha value is -0.980. The van der Waals surface area contributed by atoms with E-state index in [1.165, 1.54) is 0 Å². The van der Waals surface area contributed by atoms with Crippen LogP contribution in [0.2, 0.25) is 0 Å². The summed E-state index contributed by atoms with van der Waals surface area (Å²) in [5.74, 6) is -0.244. The lowest BCUT2D eigenvalue weighted by molar-refractivity contribution is 0.126. The van der Waals surface area contributed by atoms with Gasteiger partial charge < -0.3 is 4.74 Å². The van der Waals surface area contributed by atoms with Crippen molar-refractivity contribution in [2.45, 2.75) is 51.5 Å². The maximum absolute atomic E-state index is 13.7. The average Bonchev–Trinajstić information content (AvgIpc) is 2.82. The third-order valence-electron chi connectivity index (χ3n) is 4.01. The normalized spacial score (nSPS) is 24.2. The fraction of sp³-hybridized carbons (Fsp3) is 0.600. The minimum atomic E-state index is -3.46. The third kappa shape index (κ3) is 3.44. The van der Waals surface area contributed by atoms with Crippen molar-refractivity contribution >= 4 is 10.0 Å². The van der Waals surface area contributed by atoms with Gasteiger partial charge in [-0.2, -0.15) is 0 Å². The maximum atomic E-state index is 13.7. The van der Waals surface area contributed by atoms with Crippen molar-refractivity contribution in [3.63, 3.8) is 0 Å². The Morgan fingerprint density at radius 3 is 2.38 bits per heavy atom. The summed E-state index contributed by atoms with van der Waals surface area (Å²) < 4.78 is 46.5. The molecule has 0 spiro atoms. The van der Waals surface area contributed by atoms with Crippen molar-refractivity contribution in [2.75, 3.05) is 6.61 Å². The molecule has 0 unspecified atom stereocenters. The van der Waals surface area contributed by atoms with Gasteiger partial charge in [-0.25, -0.2) is 17.5 Å². The molecule has 0 aliphatic carbocycles. The zero-order chi connectivity index (χ0) is 15.8. The van der Waals surface area contributed by atoms with Gasteiger partial charge in [0.1, 0.15) is 11.1 Å². The van der Waals surface area contributed by atoms with Gasteiger partial charge >= 0.3 is 0 Å². The van der Waals surface area contributed by atoms with Crippen molar-refractivity contribution in [1.82, 2.24) is 4.72 Å². The average molecular weight is 315 g/mol. The van der Waals surface area contributed by atoms with Gasteiger partial charge in [-0.3, -0.25) is 0 Å². The Morgan fingerprint density at radius 2 is 1.90 bits per heavy atom. The number of sulfonamides is 1. The van der Waals surface area contributed by atoms with Gasteiger partial charge in [0.05, 0.1) is 6.10 Å². The van der Waals surface area contributed by atoms with Crippen LogP contribution in [0.15, 0.2) is 12.1 Å². The number of rotatable bonds is 4. The fourth-order valence-corrected chi connectivity index (χ4v) is 4.54. The van der Waals surface area contributed by atoms with Gasteiger partial charge in [-0.15, -0.1) is 0 Å². The minimum absolute atomic E-state index is 0.244. The third-order valence-corrected chi connectivity index (χ3v) is 6.10. The summed E-state index contributed by atoms with van der Waals surface area (Å²) in [4.78, 5) is 0. The molecule has 1 aromatic carbocycles. The Balaban J connectivity index is 2.19.